The summed E-state index contributed by atoms with van der Waals surface area (Å²) in [6, 6.07) is 8.18. The molecule has 17 heavy (non-hydrogen) atoms. The van der Waals surface area contributed by atoms with Crippen molar-refractivity contribution in [2.24, 2.45) is 0 Å². The van der Waals surface area contributed by atoms with Crippen LogP contribution in [0.1, 0.15) is 18.1 Å². The van der Waals surface area contributed by atoms with E-state index in [-0.39, 0.29) is 5.91 Å². The van der Waals surface area contributed by atoms with Crippen LogP contribution in [0.25, 0.3) is 10.8 Å². The van der Waals surface area contributed by atoms with Crippen LogP contribution in [-0.2, 0) is 17.6 Å². The molecule has 2 aromatic rings. The molecule has 0 bridgehead atoms. The quantitative estimate of drug-likeness (QED) is 0.734. The van der Waals surface area contributed by atoms with E-state index >= 15 is 0 Å². The number of nitrogens with one attached hydrogen (secondary N) is 1. The maximum atomic E-state index is 11.2. The molecule has 0 saturated carbocycles. The van der Waals surface area contributed by atoms with Crippen LogP contribution in [0.2, 0.25) is 0 Å². The van der Waals surface area contributed by atoms with Crippen LogP contribution in [0.3, 0.4) is 0 Å². The molecule has 0 atom stereocenters. The Morgan fingerprint density at radius 1 is 1.29 bits per heavy atom. The van der Waals surface area contributed by atoms with Crippen LogP contribution < -0.4 is 11.1 Å². The van der Waals surface area contributed by atoms with E-state index in [0.29, 0.717) is 5.69 Å². The summed E-state index contributed by atoms with van der Waals surface area (Å²) in [7, 11) is 0. The normalized spacial score (nSPS) is 13.0. The molecule has 1 amide bonds. The molecule has 0 unspecified atom stereocenters. The van der Waals surface area contributed by atoms with Gasteiger partial charge in [-0.05, 0) is 35.4 Å². The maximum Gasteiger partial charge on any atom is 0.221 e. The van der Waals surface area contributed by atoms with Crippen LogP contribution in [0, 0.1) is 0 Å². The maximum absolute atomic E-state index is 11.2. The summed E-state index contributed by atoms with van der Waals surface area (Å²) in [4.78, 5) is 11.2. The van der Waals surface area contributed by atoms with Crippen molar-refractivity contribution in [3.05, 3.63) is 35.4 Å². The number of amides is 1. The number of benzene rings is 2. The van der Waals surface area contributed by atoms with Crippen LogP contribution in [-0.4, -0.2) is 5.91 Å². The van der Waals surface area contributed by atoms with Gasteiger partial charge in [-0.3, -0.25) is 4.79 Å². The topological polar surface area (TPSA) is 55.1 Å². The van der Waals surface area contributed by atoms with E-state index in [1.807, 2.05) is 18.2 Å². The molecule has 3 heteroatoms. The fourth-order valence-corrected chi connectivity index (χ4v) is 2.67. The first-order valence-corrected chi connectivity index (χ1v) is 5.77. The Hall–Kier alpha value is -2.03. The molecular formula is C14H14N2O. The highest BCUT2D eigenvalue weighted by Crippen LogP contribution is 2.38. The smallest absolute Gasteiger partial charge is 0.221 e. The average Bonchev–Trinajstić information content (AvgIpc) is 2.68. The molecular weight excluding hydrogens is 212 g/mol. The fraction of sp³-hybridized carbons (Fsp3) is 0.214. The zero-order valence-electron chi connectivity index (χ0n) is 9.71. The number of carbonyl (C=O) groups excluding carboxylic acids is 1. The van der Waals surface area contributed by atoms with Gasteiger partial charge in [0.05, 0.1) is 11.4 Å². The monoisotopic (exact) mass is 226 g/mol. The average molecular weight is 226 g/mol. The highest BCUT2D eigenvalue weighted by molar-refractivity contribution is 6.09. The van der Waals surface area contributed by atoms with Crippen molar-refractivity contribution >= 4 is 28.1 Å². The number of carbonyl (C=O) groups is 1. The number of anilines is 2. The molecule has 3 N–H and O–H groups in total. The van der Waals surface area contributed by atoms with Gasteiger partial charge in [0.1, 0.15) is 0 Å². The van der Waals surface area contributed by atoms with Gasteiger partial charge in [0.2, 0.25) is 5.91 Å². The number of hydrogen-bond acceptors (Lipinski definition) is 2. The Morgan fingerprint density at radius 3 is 2.82 bits per heavy atom. The summed E-state index contributed by atoms with van der Waals surface area (Å²) in [5.41, 5.74) is 10.1. The van der Waals surface area contributed by atoms with E-state index in [2.05, 4.69) is 11.4 Å². The van der Waals surface area contributed by atoms with Crippen molar-refractivity contribution in [3.8, 4) is 0 Å². The van der Waals surface area contributed by atoms with E-state index < -0.39 is 0 Å². The highest BCUT2D eigenvalue weighted by Gasteiger charge is 2.18. The van der Waals surface area contributed by atoms with Gasteiger partial charge in [-0.1, -0.05) is 18.2 Å². The third-order valence-corrected chi connectivity index (χ3v) is 3.32. The summed E-state index contributed by atoms with van der Waals surface area (Å²) in [6.07, 6.45) is 2.11. The molecule has 0 spiro atoms. The van der Waals surface area contributed by atoms with Gasteiger partial charge in [0, 0.05) is 12.3 Å². The summed E-state index contributed by atoms with van der Waals surface area (Å²) < 4.78 is 0. The van der Waals surface area contributed by atoms with E-state index in [0.717, 1.165) is 23.9 Å². The highest BCUT2D eigenvalue weighted by atomic mass is 16.1. The minimum absolute atomic E-state index is 0.0876. The molecule has 2 aromatic carbocycles. The standard InChI is InChI=1S/C14H14N2O/c1-8(17)16-14-11-4-2-3-9-5-6-10(13(9)11)7-12(14)15/h2-4,7H,5-6,15H2,1H3,(H,16,17). The Labute approximate surface area is 99.6 Å². The van der Waals surface area contributed by atoms with Crippen molar-refractivity contribution in [1.82, 2.24) is 0 Å². The first kappa shape index (κ1) is 10.1. The van der Waals surface area contributed by atoms with Gasteiger partial charge in [-0.25, -0.2) is 0 Å². The third kappa shape index (κ3) is 1.46. The van der Waals surface area contributed by atoms with Crippen LogP contribution in [0.15, 0.2) is 24.3 Å². The molecule has 0 aliphatic heterocycles. The molecule has 0 fully saturated rings. The molecule has 0 aromatic heterocycles. The first-order chi connectivity index (χ1) is 8.16. The van der Waals surface area contributed by atoms with E-state index in [1.165, 1.54) is 23.4 Å². The van der Waals surface area contributed by atoms with E-state index in [1.54, 1.807) is 0 Å². The fourth-order valence-electron chi connectivity index (χ4n) is 2.67. The van der Waals surface area contributed by atoms with Crippen molar-refractivity contribution < 1.29 is 4.79 Å². The van der Waals surface area contributed by atoms with Crippen molar-refractivity contribution in [3.63, 3.8) is 0 Å². The second kappa shape index (κ2) is 3.48. The van der Waals surface area contributed by atoms with Crippen LogP contribution >= 0.6 is 0 Å². The zero-order valence-corrected chi connectivity index (χ0v) is 9.71. The number of nitrogens with two attached hydrogens (primary N) is 1. The molecule has 0 radical (unpaired) electrons. The molecule has 86 valence electrons. The number of hydrogen-bond donors (Lipinski definition) is 2. The SMILES string of the molecule is CC(=O)Nc1c(N)cc2c3c(cccc13)CC2. The van der Waals surface area contributed by atoms with Crippen molar-refractivity contribution in [2.45, 2.75) is 19.8 Å². The second-order valence-electron chi connectivity index (χ2n) is 4.52. The minimum Gasteiger partial charge on any atom is -0.397 e. The number of rotatable bonds is 1. The predicted octanol–water partition coefficient (Wildman–Crippen LogP) is 2.48. The molecule has 1 aliphatic rings. The Balaban J connectivity index is 2.35. The Bertz CT molecular complexity index is 632. The predicted molar refractivity (Wildman–Crippen MR) is 70.1 cm³/mol. The van der Waals surface area contributed by atoms with Gasteiger partial charge in [-0.15, -0.1) is 0 Å². The summed E-state index contributed by atoms with van der Waals surface area (Å²) in [6.45, 7) is 1.50. The summed E-state index contributed by atoms with van der Waals surface area (Å²) in [5.74, 6) is -0.0876. The van der Waals surface area contributed by atoms with Crippen LogP contribution in [0.5, 0.6) is 0 Å². The number of aryl methyl sites for hydroxylation is 2. The largest absolute Gasteiger partial charge is 0.397 e. The lowest BCUT2D eigenvalue weighted by Gasteiger charge is -2.12. The van der Waals surface area contributed by atoms with Gasteiger partial charge in [-0.2, -0.15) is 0 Å². The Morgan fingerprint density at radius 2 is 2.06 bits per heavy atom. The van der Waals surface area contributed by atoms with E-state index in [9.17, 15) is 4.79 Å². The summed E-state index contributed by atoms with van der Waals surface area (Å²) >= 11 is 0. The molecule has 0 heterocycles. The van der Waals surface area contributed by atoms with Gasteiger partial charge in [0.25, 0.3) is 0 Å². The van der Waals surface area contributed by atoms with Gasteiger partial charge >= 0.3 is 0 Å². The minimum atomic E-state index is -0.0876. The third-order valence-electron chi connectivity index (χ3n) is 3.32. The second-order valence-corrected chi connectivity index (χ2v) is 4.52. The molecule has 3 nitrogen and oxygen atoms in total. The molecule has 1 aliphatic carbocycles. The van der Waals surface area contributed by atoms with E-state index in [4.69, 9.17) is 5.73 Å². The lowest BCUT2D eigenvalue weighted by molar-refractivity contribution is -0.114. The van der Waals surface area contributed by atoms with Crippen molar-refractivity contribution in [2.75, 3.05) is 11.1 Å². The molecule has 0 saturated heterocycles. The lowest BCUT2D eigenvalue weighted by atomic mass is 10.0. The number of nitrogen functional groups attached to an aromatic ring is 1. The lowest BCUT2D eigenvalue weighted by Crippen LogP contribution is -2.09. The molecule has 3 rings (SSSR count). The summed E-state index contributed by atoms with van der Waals surface area (Å²) in [5, 5.41) is 5.16. The first-order valence-electron chi connectivity index (χ1n) is 5.77. The van der Waals surface area contributed by atoms with Crippen LogP contribution in [0.4, 0.5) is 11.4 Å². The van der Waals surface area contributed by atoms with Gasteiger partial charge < -0.3 is 11.1 Å². The van der Waals surface area contributed by atoms with Crippen molar-refractivity contribution in [1.29, 1.82) is 0 Å². The zero-order chi connectivity index (χ0) is 12.0. The Kier molecular flexibility index (Phi) is 2.08. The van der Waals surface area contributed by atoms with Gasteiger partial charge in [0.15, 0.2) is 0 Å².